The van der Waals surface area contributed by atoms with Gasteiger partial charge in [-0.25, -0.2) is 4.98 Å². The van der Waals surface area contributed by atoms with E-state index in [1.807, 2.05) is 17.5 Å². The van der Waals surface area contributed by atoms with Crippen molar-refractivity contribution in [2.45, 2.75) is 19.3 Å². The standard InChI is InChI=1S/C19H19N3O3S2/c23-11-19(6-3-7-19)10-20-18-22-16(25)15(27-18)8-12-9-26-17(21-12)13-4-1-2-5-14(13)24/h1-2,4-5,8-9,23-24H,3,6-7,10-11H2,(H,20,22,25)/b15-8+. The number of phenols is 1. The van der Waals surface area contributed by atoms with Crippen LogP contribution in [0.2, 0.25) is 0 Å². The third kappa shape index (κ3) is 3.78. The predicted octanol–water partition coefficient (Wildman–Crippen LogP) is 3.24. The van der Waals surface area contributed by atoms with Gasteiger partial charge in [0.1, 0.15) is 10.8 Å². The number of aliphatic hydroxyl groups excluding tert-OH is 1. The smallest absolute Gasteiger partial charge is 0.264 e. The Kier molecular flexibility index (Phi) is 5.03. The lowest BCUT2D eigenvalue weighted by Crippen LogP contribution is -2.37. The normalized spacial score (nSPS) is 21.4. The van der Waals surface area contributed by atoms with Crippen LogP contribution >= 0.6 is 23.1 Å². The van der Waals surface area contributed by atoms with Gasteiger partial charge in [-0.1, -0.05) is 18.6 Å². The molecule has 1 aromatic carbocycles. The van der Waals surface area contributed by atoms with E-state index < -0.39 is 0 Å². The second kappa shape index (κ2) is 7.46. The molecule has 6 nitrogen and oxygen atoms in total. The van der Waals surface area contributed by atoms with Crippen molar-refractivity contribution in [2.24, 2.45) is 10.4 Å². The topological polar surface area (TPSA) is 94.8 Å². The summed E-state index contributed by atoms with van der Waals surface area (Å²) in [5.74, 6) is -0.00946. The van der Waals surface area contributed by atoms with E-state index in [1.54, 1.807) is 18.2 Å². The quantitative estimate of drug-likeness (QED) is 0.669. The lowest BCUT2D eigenvalue weighted by Gasteiger charge is -2.38. The summed E-state index contributed by atoms with van der Waals surface area (Å²) in [6.07, 6.45) is 4.82. The Morgan fingerprint density at radius 1 is 1.33 bits per heavy atom. The van der Waals surface area contributed by atoms with Crippen LogP contribution in [0.5, 0.6) is 5.75 Å². The SMILES string of the molecule is O=C1NC(=NCC2(CO)CCC2)S/C1=C/c1csc(-c2ccccc2O)n1. The molecular formula is C19H19N3O3S2. The fourth-order valence-electron chi connectivity index (χ4n) is 3.05. The molecule has 2 heterocycles. The van der Waals surface area contributed by atoms with E-state index in [9.17, 15) is 15.0 Å². The Balaban J connectivity index is 1.48. The van der Waals surface area contributed by atoms with E-state index in [2.05, 4.69) is 15.3 Å². The Hall–Kier alpha value is -2.16. The molecule has 1 saturated heterocycles. The van der Waals surface area contributed by atoms with Crippen molar-refractivity contribution in [1.29, 1.82) is 0 Å². The van der Waals surface area contributed by atoms with Crippen molar-refractivity contribution < 1.29 is 15.0 Å². The van der Waals surface area contributed by atoms with Crippen LogP contribution < -0.4 is 5.32 Å². The van der Waals surface area contributed by atoms with Gasteiger partial charge in [-0.2, -0.15) is 0 Å². The van der Waals surface area contributed by atoms with Crippen LogP contribution in [-0.4, -0.2) is 39.4 Å². The van der Waals surface area contributed by atoms with E-state index in [-0.39, 0.29) is 23.7 Å². The number of carbonyl (C=O) groups is 1. The predicted molar refractivity (Wildman–Crippen MR) is 109 cm³/mol. The van der Waals surface area contributed by atoms with Gasteiger partial charge in [0.05, 0.1) is 22.8 Å². The Labute approximate surface area is 165 Å². The van der Waals surface area contributed by atoms with Crippen LogP contribution in [-0.2, 0) is 4.79 Å². The molecule has 140 valence electrons. The summed E-state index contributed by atoms with van der Waals surface area (Å²) in [7, 11) is 0. The molecule has 1 aromatic heterocycles. The molecule has 1 amide bonds. The van der Waals surface area contributed by atoms with Crippen molar-refractivity contribution in [1.82, 2.24) is 10.3 Å². The Morgan fingerprint density at radius 3 is 2.85 bits per heavy atom. The van der Waals surface area contributed by atoms with Crippen molar-refractivity contribution in [2.75, 3.05) is 13.2 Å². The van der Waals surface area contributed by atoms with E-state index in [0.717, 1.165) is 19.3 Å². The Morgan fingerprint density at radius 2 is 2.15 bits per heavy atom. The number of aromatic hydroxyl groups is 1. The highest BCUT2D eigenvalue weighted by Crippen LogP contribution is 2.41. The molecule has 0 radical (unpaired) electrons. The third-order valence-electron chi connectivity index (χ3n) is 4.89. The number of nitrogens with zero attached hydrogens (tertiary/aromatic N) is 2. The first-order chi connectivity index (χ1) is 13.1. The summed E-state index contributed by atoms with van der Waals surface area (Å²) in [4.78, 5) is 21.7. The number of aliphatic imine (C=N–C) groups is 1. The average molecular weight is 402 g/mol. The minimum absolute atomic E-state index is 0.105. The monoisotopic (exact) mass is 401 g/mol. The number of thiazole rings is 1. The fourth-order valence-corrected chi connectivity index (χ4v) is 4.66. The largest absolute Gasteiger partial charge is 0.507 e. The molecule has 0 spiro atoms. The highest BCUT2D eigenvalue weighted by atomic mass is 32.2. The first kappa shape index (κ1) is 18.2. The molecule has 27 heavy (non-hydrogen) atoms. The summed E-state index contributed by atoms with van der Waals surface area (Å²) in [5, 5.41) is 25.4. The van der Waals surface area contributed by atoms with Crippen molar-refractivity contribution in [3.63, 3.8) is 0 Å². The van der Waals surface area contributed by atoms with Crippen LogP contribution in [0.15, 0.2) is 39.5 Å². The molecular weight excluding hydrogens is 382 g/mol. The number of amides is 1. The highest BCUT2D eigenvalue weighted by Gasteiger charge is 2.36. The first-order valence-electron chi connectivity index (χ1n) is 8.69. The van der Waals surface area contributed by atoms with Gasteiger partial charge in [0.15, 0.2) is 5.17 Å². The lowest BCUT2D eigenvalue weighted by molar-refractivity contribution is -0.115. The molecule has 1 aliphatic heterocycles. The van der Waals surface area contributed by atoms with E-state index in [0.29, 0.717) is 32.9 Å². The molecule has 0 atom stereocenters. The molecule has 1 aliphatic carbocycles. The number of thioether (sulfide) groups is 1. The molecule has 0 unspecified atom stereocenters. The van der Waals surface area contributed by atoms with E-state index in [4.69, 9.17) is 0 Å². The third-order valence-corrected chi connectivity index (χ3v) is 6.74. The van der Waals surface area contributed by atoms with Gasteiger partial charge in [-0.3, -0.25) is 9.79 Å². The summed E-state index contributed by atoms with van der Waals surface area (Å²) in [6, 6.07) is 7.04. The van der Waals surface area contributed by atoms with E-state index >= 15 is 0 Å². The number of amidine groups is 1. The van der Waals surface area contributed by atoms with Gasteiger partial charge in [-0.05, 0) is 42.8 Å². The molecule has 2 fully saturated rings. The summed E-state index contributed by atoms with van der Waals surface area (Å²) in [6.45, 7) is 0.673. The minimum Gasteiger partial charge on any atom is -0.507 e. The molecule has 2 aliphatic rings. The van der Waals surface area contributed by atoms with Crippen LogP contribution in [0.3, 0.4) is 0 Å². The summed E-state index contributed by atoms with van der Waals surface area (Å²) >= 11 is 2.71. The lowest BCUT2D eigenvalue weighted by atomic mass is 9.69. The molecule has 8 heteroatoms. The zero-order valence-corrected chi connectivity index (χ0v) is 16.1. The minimum atomic E-state index is -0.192. The van der Waals surface area contributed by atoms with Crippen LogP contribution in [0.25, 0.3) is 16.6 Å². The average Bonchev–Trinajstić information content (AvgIpc) is 3.22. The van der Waals surface area contributed by atoms with Gasteiger partial charge < -0.3 is 15.5 Å². The number of rotatable bonds is 5. The number of nitrogens with one attached hydrogen (secondary N) is 1. The second-order valence-electron chi connectivity index (χ2n) is 6.79. The number of benzene rings is 1. The van der Waals surface area contributed by atoms with Gasteiger partial charge >= 0.3 is 0 Å². The Bertz CT molecular complexity index is 926. The van der Waals surface area contributed by atoms with Gasteiger partial charge in [0, 0.05) is 17.3 Å². The maximum Gasteiger partial charge on any atom is 0.264 e. The van der Waals surface area contributed by atoms with Crippen LogP contribution in [0.1, 0.15) is 25.0 Å². The zero-order valence-electron chi connectivity index (χ0n) is 14.5. The fraction of sp³-hybridized carbons (Fsp3) is 0.316. The number of phenolic OH excluding ortho intramolecular Hbond substituents is 1. The van der Waals surface area contributed by atoms with Crippen molar-refractivity contribution in [3.8, 4) is 16.3 Å². The molecule has 2 aromatic rings. The van der Waals surface area contributed by atoms with Crippen LogP contribution in [0, 0.1) is 5.41 Å². The highest BCUT2D eigenvalue weighted by molar-refractivity contribution is 8.18. The number of para-hydroxylation sites is 1. The van der Waals surface area contributed by atoms with Crippen molar-refractivity contribution >= 4 is 40.2 Å². The maximum atomic E-state index is 12.2. The first-order valence-corrected chi connectivity index (χ1v) is 10.4. The molecule has 4 rings (SSSR count). The maximum absolute atomic E-state index is 12.2. The van der Waals surface area contributed by atoms with Gasteiger partial charge in [-0.15, -0.1) is 11.3 Å². The number of aliphatic hydroxyl groups is 1. The summed E-state index contributed by atoms with van der Waals surface area (Å²) in [5.41, 5.74) is 1.24. The number of aromatic nitrogens is 1. The number of hydrogen-bond acceptors (Lipinski definition) is 7. The second-order valence-corrected chi connectivity index (χ2v) is 8.68. The van der Waals surface area contributed by atoms with Crippen LogP contribution in [0.4, 0.5) is 0 Å². The molecule has 1 saturated carbocycles. The van der Waals surface area contributed by atoms with Crippen molar-refractivity contribution in [3.05, 3.63) is 40.2 Å². The molecule has 3 N–H and O–H groups in total. The summed E-state index contributed by atoms with van der Waals surface area (Å²) < 4.78 is 0. The van der Waals surface area contributed by atoms with Gasteiger partial charge in [0.2, 0.25) is 0 Å². The van der Waals surface area contributed by atoms with Gasteiger partial charge in [0.25, 0.3) is 5.91 Å². The number of hydrogen-bond donors (Lipinski definition) is 3. The number of carbonyl (C=O) groups excluding carboxylic acids is 1. The zero-order chi connectivity index (χ0) is 18.9. The molecule has 0 bridgehead atoms. The van der Waals surface area contributed by atoms with E-state index in [1.165, 1.54) is 23.1 Å².